The first kappa shape index (κ1) is 16.6. The minimum Gasteiger partial charge on any atom is -0.462 e. The van der Waals surface area contributed by atoms with E-state index in [0.717, 1.165) is 5.56 Å². The van der Waals surface area contributed by atoms with Crippen molar-refractivity contribution in [3.63, 3.8) is 0 Å². The lowest BCUT2D eigenvalue weighted by Crippen LogP contribution is -2.08. The molecule has 3 rings (SSSR count). The molecule has 3 aromatic rings. The maximum atomic E-state index is 13.0. The smallest absolute Gasteiger partial charge is 0.343 e. The van der Waals surface area contributed by atoms with Gasteiger partial charge in [0.15, 0.2) is 11.6 Å². The van der Waals surface area contributed by atoms with E-state index in [9.17, 15) is 9.18 Å². The van der Waals surface area contributed by atoms with Crippen LogP contribution >= 0.6 is 0 Å². The molecule has 25 heavy (non-hydrogen) atoms. The highest BCUT2D eigenvalue weighted by Gasteiger charge is 2.18. The van der Waals surface area contributed by atoms with E-state index >= 15 is 0 Å². The van der Waals surface area contributed by atoms with E-state index < -0.39 is 5.97 Å². The Hall–Kier alpha value is -3.22. The third-order valence-corrected chi connectivity index (χ3v) is 3.47. The second-order valence-corrected chi connectivity index (χ2v) is 5.22. The fourth-order valence-corrected chi connectivity index (χ4v) is 2.26. The van der Waals surface area contributed by atoms with Crippen molar-refractivity contribution in [2.45, 2.75) is 13.5 Å². The first-order valence-corrected chi connectivity index (χ1v) is 7.84. The Bertz CT molecular complexity index is 847. The zero-order valence-electron chi connectivity index (χ0n) is 13.6. The summed E-state index contributed by atoms with van der Waals surface area (Å²) in [5, 5.41) is 7.48. The van der Waals surface area contributed by atoms with Gasteiger partial charge >= 0.3 is 5.97 Å². The molecular formula is C18H17FN4O2. The molecular weight excluding hydrogens is 323 g/mol. The number of anilines is 1. The van der Waals surface area contributed by atoms with Crippen molar-refractivity contribution in [1.29, 1.82) is 0 Å². The molecule has 0 spiro atoms. The molecule has 6 nitrogen and oxygen atoms in total. The van der Waals surface area contributed by atoms with Gasteiger partial charge in [-0.1, -0.05) is 18.2 Å². The molecule has 0 aliphatic heterocycles. The van der Waals surface area contributed by atoms with E-state index in [4.69, 9.17) is 4.74 Å². The number of hydrogen-bond acceptors (Lipinski definition) is 5. The van der Waals surface area contributed by atoms with Gasteiger partial charge in [0.1, 0.15) is 11.4 Å². The fraction of sp³-hybridized carbons (Fsp3) is 0.167. The van der Waals surface area contributed by atoms with E-state index in [0.29, 0.717) is 23.7 Å². The fourth-order valence-electron chi connectivity index (χ4n) is 2.26. The lowest BCUT2D eigenvalue weighted by Gasteiger charge is -2.06. The molecule has 7 heteroatoms. The number of carbonyl (C=O) groups excluding carboxylic acids is 1. The summed E-state index contributed by atoms with van der Waals surface area (Å²) < 4.78 is 19.6. The van der Waals surface area contributed by atoms with E-state index in [1.165, 1.54) is 16.8 Å². The quantitative estimate of drug-likeness (QED) is 0.698. The summed E-state index contributed by atoms with van der Waals surface area (Å²) in [5.74, 6) is 0.206. The molecule has 128 valence electrons. The average Bonchev–Trinajstić information content (AvgIpc) is 3.07. The third-order valence-electron chi connectivity index (χ3n) is 3.47. The molecule has 0 saturated carbocycles. The van der Waals surface area contributed by atoms with Gasteiger partial charge in [-0.15, -0.1) is 5.10 Å². The number of esters is 1. The number of pyridine rings is 1. The Morgan fingerprint density at radius 2 is 2.04 bits per heavy atom. The zero-order valence-corrected chi connectivity index (χ0v) is 13.6. The standard InChI is InChI=1S/C18H17FN4O2/c1-2-25-18(24)15-12-23(16-5-3-4-10-20-16)22-17(15)21-11-13-6-8-14(19)9-7-13/h3-10,12H,2,11H2,1H3,(H,21,22). The molecule has 0 radical (unpaired) electrons. The Labute approximate surface area is 144 Å². The van der Waals surface area contributed by atoms with Crippen LogP contribution < -0.4 is 5.32 Å². The summed E-state index contributed by atoms with van der Waals surface area (Å²) in [5.41, 5.74) is 1.18. The summed E-state index contributed by atoms with van der Waals surface area (Å²) in [6, 6.07) is 11.5. The largest absolute Gasteiger partial charge is 0.462 e. The predicted octanol–water partition coefficient (Wildman–Crippen LogP) is 3.20. The Balaban J connectivity index is 1.86. The highest BCUT2D eigenvalue weighted by Crippen LogP contribution is 2.18. The summed E-state index contributed by atoms with van der Waals surface area (Å²) in [6.07, 6.45) is 3.22. The van der Waals surface area contributed by atoms with Crippen LogP contribution in [-0.4, -0.2) is 27.3 Å². The molecule has 0 saturated heterocycles. The van der Waals surface area contributed by atoms with Gasteiger partial charge in [-0.05, 0) is 36.8 Å². The van der Waals surface area contributed by atoms with Gasteiger partial charge in [-0.2, -0.15) is 0 Å². The van der Waals surface area contributed by atoms with E-state index in [1.807, 2.05) is 6.07 Å². The van der Waals surface area contributed by atoms with Crippen LogP contribution in [0, 0.1) is 5.82 Å². The van der Waals surface area contributed by atoms with Gasteiger partial charge in [0.25, 0.3) is 0 Å². The molecule has 0 amide bonds. The molecule has 0 bridgehead atoms. The van der Waals surface area contributed by atoms with Crippen molar-refractivity contribution in [3.05, 3.63) is 71.8 Å². The average molecular weight is 340 g/mol. The maximum Gasteiger partial charge on any atom is 0.343 e. The summed E-state index contributed by atoms with van der Waals surface area (Å²) in [6.45, 7) is 2.41. The Morgan fingerprint density at radius 1 is 1.24 bits per heavy atom. The third kappa shape index (κ3) is 4.00. The number of nitrogens with zero attached hydrogens (tertiary/aromatic N) is 3. The molecule has 0 atom stereocenters. The summed E-state index contributed by atoms with van der Waals surface area (Å²) in [7, 11) is 0. The summed E-state index contributed by atoms with van der Waals surface area (Å²) in [4.78, 5) is 16.4. The molecule has 2 aromatic heterocycles. The number of carbonyl (C=O) groups is 1. The van der Waals surface area contributed by atoms with Crippen molar-refractivity contribution in [2.24, 2.45) is 0 Å². The first-order valence-electron chi connectivity index (χ1n) is 7.84. The minimum absolute atomic E-state index is 0.269. The second-order valence-electron chi connectivity index (χ2n) is 5.22. The van der Waals surface area contributed by atoms with E-state index in [2.05, 4.69) is 15.4 Å². The number of aromatic nitrogens is 3. The first-order chi connectivity index (χ1) is 12.2. The van der Waals surface area contributed by atoms with Gasteiger partial charge in [-0.25, -0.2) is 18.9 Å². The van der Waals surface area contributed by atoms with Gasteiger partial charge in [0.05, 0.1) is 6.61 Å². The molecule has 1 N–H and O–H groups in total. The number of nitrogens with one attached hydrogen (secondary N) is 1. The van der Waals surface area contributed by atoms with E-state index in [1.54, 1.807) is 43.6 Å². The van der Waals surface area contributed by atoms with Crippen LogP contribution in [-0.2, 0) is 11.3 Å². The van der Waals surface area contributed by atoms with Crippen LogP contribution in [0.2, 0.25) is 0 Å². The maximum absolute atomic E-state index is 13.0. The van der Waals surface area contributed by atoms with Crippen LogP contribution in [0.1, 0.15) is 22.8 Å². The van der Waals surface area contributed by atoms with Crippen molar-refractivity contribution in [1.82, 2.24) is 14.8 Å². The number of hydrogen-bond donors (Lipinski definition) is 1. The molecule has 1 aromatic carbocycles. The topological polar surface area (TPSA) is 69.0 Å². The molecule has 0 aliphatic carbocycles. The zero-order chi connectivity index (χ0) is 17.6. The van der Waals surface area contributed by atoms with Gasteiger partial charge in [-0.3, -0.25) is 0 Å². The lowest BCUT2D eigenvalue weighted by atomic mass is 10.2. The second kappa shape index (κ2) is 7.57. The van der Waals surface area contributed by atoms with Crippen molar-refractivity contribution < 1.29 is 13.9 Å². The Morgan fingerprint density at radius 3 is 2.72 bits per heavy atom. The van der Waals surface area contributed by atoms with Gasteiger partial charge in [0.2, 0.25) is 0 Å². The van der Waals surface area contributed by atoms with Crippen LogP contribution in [0.4, 0.5) is 10.2 Å². The number of ether oxygens (including phenoxy) is 1. The monoisotopic (exact) mass is 340 g/mol. The van der Waals surface area contributed by atoms with Crippen LogP contribution in [0.15, 0.2) is 54.9 Å². The van der Waals surface area contributed by atoms with Gasteiger partial charge < -0.3 is 10.1 Å². The van der Waals surface area contributed by atoms with Crippen LogP contribution in [0.25, 0.3) is 5.82 Å². The van der Waals surface area contributed by atoms with Crippen molar-refractivity contribution in [2.75, 3.05) is 11.9 Å². The number of rotatable bonds is 6. The minimum atomic E-state index is -0.466. The molecule has 0 fully saturated rings. The molecule has 2 heterocycles. The van der Waals surface area contributed by atoms with E-state index in [-0.39, 0.29) is 12.4 Å². The van der Waals surface area contributed by atoms with Crippen LogP contribution in [0.3, 0.4) is 0 Å². The normalized spacial score (nSPS) is 10.5. The predicted molar refractivity (Wildman–Crippen MR) is 91.0 cm³/mol. The van der Waals surface area contributed by atoms with Gasteiger partial charge in [0, 0.05) is 18.9 Å². The van der Waals surface area contributed by atoms with Crippen molar-refractivity contribution >= 4 is 11.8 Å². The highest BCUT2D eigenvalue weighted by atomic mass is 19.1. The highest BCUT2D eigenvalue weighted by molar-refractivity contribution is 5.94. The number of benzene rings is 1. The number of halogens is 1. The van der Waals surface area contributed by atoms with Crippen molar-refractivity contribution in [3.8, 4) is 5.82 Å². The molecule has 0 aliphatic rings. The SMILES string of the molecule is CCOC(=O)c1cn(-c2ccccn2)nc1NCc1ccc(F)cc1. The summed E-state index contributed by atoms with van der Waals surface area (Å²) >= 11 is 0. The lowest BCUT2D eigenvalue weighted by molar-refractivity contribution is 0.0527. The van der Waals surface area contributed by atoms with Crippen LogP contribution in [0.5, 0.6) is 0 Å². The molecule has 0 unspecified atom stereocenters. The Kier molecular flexibility index (Phi) is 5.03.